The molecule has 0 amide bonds. The zero-order chi connectivity index (χ0) is 21.9. The summed E-state index contributed by atoms with van der Waals surface area (Å²) in [6.07, 6.45) is 10.8. The second kappa shape index (κ2) is 8.47. The van der Waals surface area contributed by atoms with Crippen LogP contribution in [-0.4, -0.2) is 10.8 Å². The topological polar surface area (TPSA) is 17.3 Å². The van der Waals surface area contributed by atoms with Crippen molar-refractivity contribution in [1.82, 2.24) is 4.57 Å². The molecule has 4 bridgehead atoms. The molecule has 4 saturated carbocycles. The first-order valence-corrected chi connectivity index (χ1v) is 12.4. The standard InChI is InChI=1S/C30H34N2.ClH/c1-20-5-4-6-29(11-20)32-21(2)12-26(22(32)3)19-31-28-9-7-27(8-10-28)30-16-23-13-24(17-30)15-25(14-23)18-30;/h4-12,19,23-25H,13-18H2,1-3H3;1H. The number of halogens is 1. The van der Waals surface area contributed by atoms with Gasteiger partial charge in [0.1, 0.15) is 0 Å². The van der Waals surface area contributed by atoms with E-state index in [2.05, 4.69) is 79.9 Å². The Morgan fingerprint density at radius 3 is 2.09 bits per heavy atom. The molecule has 4 aliphatic carbocycles. The van der Waals surface area contributed by atoms with Gasteiger partial charge in [0, 0.05) is 28.9 Å². The summed E-state index contributed by atoms with van der Waals surface area (Å²) in [6, 6.07) is 20.2. The first-order valence-electron chi connectivity index (χ1n) is 12.4. The lowest BCUT2D eigenvalue weighted by Crippen LogP contribution is -2.48. The van der Waals surface area contributed by atoms with Gasteiger partial charge in [-0.15, -0.1) is 12.4 Å². The van der Waals surface area contributed by atoms with Gasteiger partial charge in [0.2, 0.25) is 0 Å². The molecule has 4 fully saturated rings. The van der Waals surface area contributed by atoms with E-state index in [1.165, 1.54) is 66.7 Å². The number of rotatable bonds is 4. The number of benzene rings is 2. The summed E-state index contributed by atoms with van der Waals surface area (Å²) in [6.45, 7) is 6.51. The van der Waals surface area contributed by atoms with Crippen LogP contribution in [0.4, 0.5) is 5.69 Å². The Labute approximate surface area is 204 Å². The lowest BCUT2D eigenvalue weighted by molar-refractivity contribution is -0.00518. The van der Waals surface area contributed by atoms with Crippen molar-refractivity contribution in [1.29, 1.82) is 0 Å². The van der Waals surface area contributed by atoms with Crippen LogP contribution in [0.5, 0.6) is 0 Å². The maximum Gasteiger partial charge on any atom is 0.0630 e. The quantitative estimate of drug-likeness (QED) is 0.352. The molecule has 0 spiro atoms. The molecule has 7 rings (SSSR count). The summed E-state index contributed by atoms with van der Waals surface area (Å²) in [5, 5.41) is 0. The van der Waals surface area contributed by atoms with Gasteiger partial charge in [-0.05, 0) is 124 Å². The molecule has 172 valence electrons. The fourth-order valence-electron chi connectivity index (χ4n) is 7.59. The molecule has 0 unspecified atom stereocenters. The van der Waals surface area contributed by atoms with Crippen LogP contribution in [0.25, 0.3) is 5.69 Å². The fourth-order valence-corrected chi connectivity index (χ4v) is 7.59. The summed E-state index contributed by atoms with van der Waals surface area (Å²) in [5.74, 6) is 2.97. The predicted octanol–water partition coefficient (Wildman–Crippen LogP) is 8.04. The van der Waals surface area contributed by atoms with E-state index in [1.54, 1.807) is 5.56 Å². The van der Waals surface area contributed by atoms with Crippen LogP contribution in [-0.2, 0) is 5.41 Å². The van der Waals surface area contributed by atoms with Crippen LogP contribution in [0, 0.1) is 38.5 Å². The van der Waals surface area contributed by atoms with E-state index < -0.39 is 0 Å². The SMILES string of the molecule is Cc1cccc(-n2c(C)cc(C=Nc3ccc(C45CC6CC(CC(C6)C4)C5)cc3)c2C)c1.Cl. The normalized spacial score (nSPS) is 27.8. The van der Waals surface area contributed by atoms with Crippen molar-refractivity contribution in [2.24, 2.45) is 22.7 Å². The highest BCUT2D eigenvalue weighted by Gasteiger charge is 2.51. The van der Waals surface area contributed by atoms with Crippen molar-refractivity contribution in [3.8, 4) is 5.69 Å². The molecule has 0 aliphatic heterocycles. The third-order valence-electron chi connectivity index (χ3n) is 8.60. The second-order valence-electron chi connectivity index (χ2n) is 11.0. The maximum absolute atomic E-state index is 4.85. The van der Waals surface area contributed by atoms with Crippen LogP contribution in [0.15, 0.2) is 59.6 Å². The fraction of sp³-hybridized carbons (Fsp3) is 0.433. The van der Waals surface area contributed by atoms with Crippen molar-refractivity contribution in [2.75, 3.05) is 0 Å². The van der Waals surface area contributed by atoms with E-state index in [-0.39, 0.29) is 12.4 Å². The molecule has 1 aromatic heterocycles. The minimum atomic E-state index is 0. The summed E-state index contributed by atoms with van der Waals surface area (Å²) >= 11 is 0. The molecule has 0 atom stereocenters. The first-order chi connectivity index (χ1) is 15.5. The van der Waals surface area contributed by atoms with Crippen molar-refractivity contribution >= 4 is 24.3 Å². The third kappa shape index (κ3) is 3.97. The first kappa shape index (κ1) is 22.5. The summed E-state index contributed by atoms with van der Waals surface area (Å²) in [4.78, 5) is 4.85. The lowest BCUT2D eigenvalue weighted by Gasteiger charge is -2.57. The van der Waals surface area contributed by atoms with E-state index in [9.17, 15) is 0 Å². The molecule has 4 aliphatic rings. The Kier molecular flexibility index (Phi) is 5.77. The Morgan fingerprint density at radius 2 is 1.48 bits per heavy atom. The van der Waals surface area contributed by atoms with Crippen LogP contribution in [0.3, 0.4) is 0 Å². The number of hydrogen-bond acceptors (Lipinski definition) is 1. The van der Waals surface area contributed by atoms with Gasteiger partial charge < -0.3 is 4.57 Å². The predicted molar refractivity (Wildman–Crippen MR) is 141 cm³/mol. The lowest BCUT2D eigenvalue weighted by atomic mass is 9.48. The van der Waals surface area contributed by atoms with Gasteiger partial charge in [-0.1, -0.05) is 24.3 Å². The second-order valence-corrected chi connectivity index (χ2v) is 11.0. The van der Waals surface area contributed by atoms with Gasteiger partial charge in [0.05, 0.1) is 5.69 Å². The van der Waals surface area contributed by atoms with Crippen LogP contribution >= 0.6 is 12.4 Å². The molecule has 3 heteroatoms. The highest BCUT2D eigenvalue weighted by Crippen LogP contribution is 2.60. The van der Waals surface area contributed by atoms with Gasteiger partial charge in [-0.3, -0.25) is 4.99 Å². The third-order valence-corrected chi connectivity index (χ3v) is 8.60. The average molecular weight is 459 g/mol. The Morgan fingerprint density at radius 1 is 0.848 bits per heavy atom. The largest absolute Gasteiger partial charge is 0.318 e. The van der Waals surface area contributed by atoms with Gasteiger partial charge in [-0.25, -0.2) is 0 Å². The zero-order valence-corrected chi connectivity index (χ0v) is 20.9. The number of hydrogen-bond donors (Lipinski definition) is 0. The van der Waals surface area contributed by atoms with E-state index >= 15 is 0 Å². The highest BCUT2D eigenvalue weighted by molar-refractivity contribution is 5.85. The van der Waals surface area contributed by atoms with Crippen molar-refractivity contribution in [3.63, 3.8) is 0 Å². The molecule has 0 N–H and O–H groups in total. The molecule has 3 aromatic rings. The molecular weight excluding hydrogens is 424 g/mol. The van der Waals surface area contributed by atoms with Gasteiger partial charge >= 0.3 is 0 Å². The minimum absolute atomic E-state index is 0. The summed E-state index contributed by atoms with van der Waals surface area (Å²) < 4.78 is 2.32. The maximum atomic E-state index is 4.85. The molecule has 2 aromatic carbocycles. The number of nitrogens with zero attached hydrogens (tertiary/aromatic N) is 2. The zero-order valence-electron chi connectivity index (χ0n) is 20.1. The molecule has 1 heterocycles. The van der Waals surface area contributed by atoms with Crippen molar-refractivity contribution in [3.05, 3.63) is 82.7 Å². The molecule has 33 heavy (non-hydrogen) atoms. The van der Waals surface area contributed by atoms with E-state index in [4.69, 9.17) is 4.99 Å². The average Bonchev–Trinajstić information content (AvgIpc) is 3.04. The Bertz CT molecular complexity index is 1150. The minimum Gasteiger partial charge on any atom is -0.318 e. The van der Waals surface area contributed by atoms with Gasteiger partial charge in [-0.2, -0.15) is 0 Å². The monoisotopic (exact) mass is 458 g/mol. The Balaban J connectivity index is 0.00000228. The number of aromatic nitrogens is 1. The molecule has 0 saturated heterocycles. The Hall–Kier alpha value is -2.32. The number of aryl methyl sites for hydroxylation is 2. The van der Waals surface area contributed by atoms with E-state index in [0.29, 0.717) is 5.41 Å². The molecule has 0 radical (unpaired) electrons. The summed E-state index contributed by atoms with van der Waals surface area (Å²) in [5.41, 5.74) is 9.27. The number of aliphatic imine (C=N–C) groups is 1. The van der Waals surface area contributed by atoms with Gasteiger partial charge in [0.15, 0.2) is 0 Å². The molecule has 2 nitrogen and oxygen atoms in total. The van der Waals surface area contributed by atoms with Crippen LogP contribution < -0.4 is 0 Å². The summed E-state index contributed by atoms with van der Waals surface area (Å²) in [7, 11) is 0. The highest BCUT2D eigenvalue weighted by atomic mass is 35.5. The van der Waals surface area contributed by atoms with Gasteiger partial charge in [0.25, 0.3) is 0 Å². The van der Waals surface area contributed by atoms with Crippen LogP contribution in [0.2, 0.25) is 0 Å². The van der Waals surface area contributed by atoms with E-state index in [1.807, 2.05) is 6.21 Å². The molecular formula is C30H35ClN2. The smallest absolute Gasteiger partial charge is 0.0630 e. The van der Waals surface area contributed by atoms with Crippen LogP contribution in [0.1, 0.15) is 66.6 Å². The van der Waals surface area contributed by atoms with E-state index in [0.717, 1.165) is 23.4 Å². The van der Waals surface area contributed by atoms with Crippen molar-refractivity contribution < 1.29 is 0 Å². The van der Waals surface area contributed by atoms with Crippen molar-refractivity contribution in [2.45, 2.75) is 64.7 Å².